The van der Waals surface area contributed by atoms with Crippen molar-refractivity contribution < 1.29 is 4.39 Å². The van der Waals surface area contributed by atoms with E-state index >= 15 is 0 Å². The standard InChI is InChI=1S/C16H15FIN3/c1-9(2)10-5-3-4-6-14(10)21-15-7-11(17)12(18)8-13(15)20-16(21)19/h3-9H,1-2H3,(H2,19,20). The summed E-state index contributed by atoms with van der Waals surface area (Å²) in [5, 5.41) is 0. The lowest BCUT2D eigenvalue weighted by Gasteiger charge is -2.15. The monoisotopic (exact) mass is 395 g/mol. The van der Waals surface area contributed by atoms with E-state index in [4.69, 9.17) is 5.73 Å². The van der Waals surface area contributed by atoms with Gasteiger partial charge in [-0.3, -0.25) is 4.57 Å². The molecule has 0 atom stereocenters. The number of hydrogen-bond donors (Lipinski definition) is 1. The molecule has 0 amide bonds. The molecule has 21 heavy (non-hydrogen) atoms. The van der Waals surface area contributed by atoms with E-state index in [2.05, 4.69) is 24.9 Å². The number of para-hydroxylation sites is 1. The van der Waals surface area contributed by atoms with Crippen molar-refractivity contribution in [2.24, 2.45) is 0 Å². The molecule has 2 N–H and O–H groups in total. The Kier molecular flexibility index (Phi) is 3.61. The van der Waals surface area contributed by atoms with Gasteiger partial charge in [-0.1, -0.05) is 32.0 Å². The van der Waals surface area contributed by atoms with Crippen molar-refractivity contribution in [3.8, 4) is 5.69 Å². The summed E-state index contributed by atoms with van der Waals surface area (Å²) in [6.07, 6.45) is 0. The average molecular weight is 395 g/mol. The Bertz CT molecular complexity index is 824. The molecule has 1 aromatic heterocycles. The van der Waals surface area contributed by atoms with E-state index in [1.54, 1.807) is 6.07 Å². The van der Waals surface area contributed by atoms with Crippen LogP contribution in [0.5, 0.6) is 0 Å². The van der Waals surface area contributed by atoms with Gasteiger partial charge in [0.25, 0.3) is 0 Å². The Labute approximate surface area is 136 Å². The lowest BCUT2D eigenvalue weighted by atomic mass is 10.0. The van der Waals surface area contributed by atoms with E-state index < -0.39 is 0 Å². The van der Waals surface area contributed by atoms with Gasteiger partial charge in [-0.15, -0.1) is 0 Å². The highest BCUT2D eigenvalue weighted by atomic mass is 127. The third kappa shape index (κ3) is 2.39. The molecule has 0 bridgehead atoms. The second-order valence-corrected chi connectivity index (χ2v) is 6.44. The highest BCUT2D eigenvalue weighted by Crippen LogP contribution is 2.30. The van der Waals surface area contributed by atoms with E-state index in [9.17, 15) is 4.39 Å². The lowest BCUT2D eigenvalue weighted by molar-refractivity contribution is 0.622. The summed E-state index contributed by atoms with van der Waals surface area (Å²) >= 11 is 1.96. The minimum absolute atomic E-state index is 0.258. The molecule has 0 radical (unpaired) electrons. The van der Waals surface area contributed by atoms with Crippen LogP contribution < -0.4 is 5.73 Å². The van der Waals surface area contributed by atoms with Crippen LogP contribution in [-0.4, -0.2) is 9.55 Å². The maximum absolute atomic E-state index is 13.9. The molecule has 0 aliphatic carbocycles. The summed E-state index contributed by atoms with van der Waals surface area (Å²) in [4.78, 5) is 4.36. The molecule has 0 spiro atoms. The molecule has 0 saturated carbocycles. The number of benzene rings is 2. The first-order valence-corrected chi connectivity index (χ1v) is 7.79. The molecule has 2 aromatic carbocycles. The van der Waals surface area contributed by atoms with Gasteiger partial charge >= 0.3 is 0 Å². The van der Waals surface area contributed by atoms with Gasteiger partial charge in [0.15, 0.2) is 0 Å². The summed E-state index contributed by atoms with van der Waals surface area (Å²) in [6, 6.07) is 11.2. The van der Waals surface area contributed by atoms with Gasteiger partial charge in [-0.25, -0.2) is 9.37 Å². The largest absolute Gasteiger partial charge is 0.369 e. The first-order valence-electron chi connectivity index (χ1n) is 6.71. The van der Waals surface area contributed by atoms with Gasteiger partial charge in [0.1, 0.15) is 5.82 Å². The second-order valence-electron chi connectivity index (χ2n) is 5.27. The van der Waals surface area contributed by atoms with Crippen LogP contribution in [0.25, 0.3) is 16.7 Å². The van der Waals surface area contributed by atoms with Crippen LogP contribution in [0.1, 0.15) is 25.3 Å². The van der Waals surface area contributed by atoms with Crippen LogP contribution in [0.3, 0.4) is 0 Å². The number of imidazole rings is 1. The third-order valence-electron chi connectivity index (χ3n) is 3.52. The fourth-order valence-electron chi connectivity index (χ4n) is 2.52. The number of nitrogen functional groups attached to an aromatic ring is 1. The van der Waals surface area contributed by atoms with Crippen molar-refractivity contribution >= 4 is 39.6 Å². The molecular weight excluding hydrogens is 380 g/mol. The van der Waals surface area contributed by atoms with Crippen LogP contribution in [0.15, 0.2) is 36.4 Å². The second kappa shape index (κ2) is 5.29. The number of nitrogens with zero attached hydrogens (tertiary/aromatic N) is 2. The zero-order valence-corrected chi connectivity index (χ0v) is 13.9. The summed E-state index contributed by atoms with van der Waals surface area (Å²) in [6.45, 7) is 4.25. The summed E-state index contributed by atoms with van der Waals surface area (Å²) in [5.41, 5.74) is 9.59. The maximum Gasteiger partial charge on any atom is 0.205 e. The predicted octanol–water partition coefficient (Wildman–Crippen LogP) is 4.47. The predicted molar refractivity (Wildman–Crippen MR) is 92.2 cm³/mol. The molecule has 108 valence electrons. The normalized spacial score (nSPS) is 11.5. The Hall–Kier alpha value is -1.63. The number of aromatic nitrogens is 2. The quantitative estimate of drug-likeness (QED) is 0.651. The first-order chi connectivity index (χ1) is 9.99. The third-order valence-corrected chi connectivity index (χ3v) is 4.35. The summed E-state index contributed by atoms with van der Waals surface area (Å²) in [5.74, 6) is 0.456. The number of nitrogens with two attached hydrogens (primary N) is 1. The molecule has 0 unspecified atom stereocenters. The summed E-state index contributed by atoms with van der Waals surface area (Å²) in [7, 11) is 0. The molecule has 1 heterocycles. The van der Waals surface area contributed by atoms with Crippen molar-refractivity contribution in [3.63, 3.8) is 0 Å². The Morgan fingerprint density at radius 3 is 2.67 bits per heavy atom. The Morgan fingerprint density at radius 2 is 1.95 bits per heavy atom. The number of anilines is 1. The van der Waals surface area contributed by atoms with E-state index in [1.165, 1.54) is 6.07 Å². The minimum atomic E-state index is -0.258. The van der Waals surface area contributed by atoms with Gasteiger partial charge in [0.05, 0.1) is 20.3 Å². The Balaban J connectivity index is 2.35. The van der Waals surface area contributed by atoms with Gasteiger partial charge in [0.2, 0.25) is 5.95 Å². The maximum atomic E-state index is 13.9. The SMILES string of the molecule is CC(C)c1ccccc1-n1c(N)nc2cc(I)c(F)cc21. The van der Waals surface area contributed by atoms with E-state index in [-0.39, 0.29) is 5.82 Å². The molecule has 3 rings (SSSR count). The average Bonchev–Trinajstić information content (AvgIpc) is 2.74. The fraction of sp³-hybridized carbons (Fsp3) is 0.188. The van der Waals surface area contributed by atoms with Crippen molar-refractivity contribution in [2.45, 2.75) is 19.8 Å². The van der Waals surface area contributed by atoms with E-state index in [1.807, 2.05) is 45.4 Å². The van der Waals surface area contributed by atoms with E-state index in [0.717, 1.165) is 11.3 Å². The molecule has 0 fully saturated rings. The number of rotatable bonds is 2. The molecular formula is C16H15FIN3. The molecule has 0 aliphatic heterocycles. The Morgan fingerprint density at radius 1 is 1.24 bits per heavy atom. The molecule has 3 aromatic rings. The summed E-state index contributed by atoms with van der Waals surface area (Å²) < 4.78 is 16.3. The van der Waals surface area contributed by atoms with Crippen molar-refractivity contribution in [1.82, 2.24) is 9.55 Å². The molecule has 0 aliphatic rings. The number of halogens is 2. The first kappa shape index (κ1) is 14.3. The fourth-order valence-corrected chi connectivity index (χ4v) is 2.97. The zero-order chi connectivity index (χ0) is 15.1. The van der Waals surface area contributed by atoms with Crippen LogP contribution in [0.4, 0.5) is 10.3 Å². The smallest absolute Gasteiger partial charge is 0.205 e. The van der Waals surface area contributed by atoms with Gasteiger partial charge in [-0.05, 0) is 46.2 Å². The van der Waals surface area contributed by atoms with Crippen molar-refractivity contribution in [1.29, 1.82) is 0 Å². The van der Waals surface area contributed by atoms with Gasteiger partial charge < -0.3 is 5.73 Å². The van der Waals surface area contributed by atoms with Gasteiger partial charge in [0, 0.05) is 6.07 Å². The zero-order valence-electron chi connectivity index (χ0n) is 11.8. The molecule has 5 heteroatoms. The topological polar surface area (TPSA) is 43.8 Å². The van der Waals surface area contributed by atoms with E-state index in [0.29, 0.717) is 26.5 Å². The van der Waals surface area contributed by atoms with Crippen molar-refractivity contribution in [2.75, 3.05) is 5.73 Å². The van der Waals surface area contributed by atoms with Gasteiger partial charge in [-0.2, -0.15) is 0 Å². The van der Waals surface area contributed by atoms with Crippen LogP contribution >= 0.6 is 22.6 Å². The van der Waals surface area contributed by atoms with Crippen LogP contribution in [-0.2, 0) is 0 Å². The lowest BCUT2D eigenvalue weighted by Crippen LogP contribution is -2.05. The highest BCUT2D eigenvalue weighted by molar-refractivity contribution is 14.1. The van der Waals surface area contributed by atoms with Crippen molar-refractivity contribution in [3.05, 3.63) is 51.3 Å². The highest BCUT2D eigenvalue weighted by Gasteiger charge is 2.16. The van der Waals surface area contributed by atoms with Crippen LogP contribution in [0.2, 0.25) is 0 Å². The molecule has 0 saturated heterocycles. The molecule has 3 nitrogen and oxygen atoms in total. The van der Waals surface area contributed by atoms with Crippen LogP contribution in [0, 0.1) is 9.39 Å². The number of hydrogen-bond acceptors (Lipinski definition) is 2. The minimum Gasteiger partial charge on any atom is -0.369 e. The number of fused-ring (bicyclic) bond motifs is 1.